The lowest BCUT2D eigenvalue weighted by Crippen LogP contribution is -2.37. The van der Waals surface area contributed by atoms with Crippen LogP contribution in [-0.2, 0) is 4.79 Å². The smallest absolute Gasteiger partial charge is 0.222 e. The van der Waals surface area contributed by atoms with Crippen LogP contribution in [-0.4, -0.2) is 28.9 Å². The summed E-state index contributed by atoms with van der Waals surface area (Å²) in [6.45, 7) is 1.03. The molecule has 3 heteroatoms. The van der Waals surface area contributed by atoms with Crippen LogP contribution < -0.4 is 0 Å². The van der Waals surface area contributed by atoms with Gasteiger partial charge < -0.3 is 10.4 Å². The molecule has 76 valence electrons. The summed E-state index contributed by atoms with van der Waals surface area (Å²) in [6.07, 6.45) is 8.44. The third kappa shape index (κ3) is 2.21. The van der Waals surface area contributed by atoms with Gasteiger partial charge >= 0.3 is 0 Å². The van der Waals surface area contributed by atoms with Crippen LogP contribution in [0.1, 0.15) is 44.9 Å². The summed E-state index contributed by atoms with van der Waals surface area (Å²) < 4.78 is 0. The van der Waals surface area contributed by atoms with Crippen molar-refractivity contribution in [2.45, 2.75) is 51.0 Å². The van der Waals surface area contributed by atoms with Crippen LogP contribution in [0.25, 0.3) is 0 Å². The monoisotopic (exact) mass is 185 g/mol. The standard InChI is InChI=1S/C10H17NO.H2O/c12-10-7-4-8-11(10)9-5-2-1-3-6-9;/h9H,1-8H2;1H2. The molecule has 1 aliphatic heterocycles. The van der Waals surface area contributed by atoms with Gasteiger partial charge in [-0.15, -0.1) is 0 Å². The van der Waals surface area contributed by atoms with E-state index in [1.807, 2.05) is 0 Å². The topological polar surface area (TPSA) is 51.8 Å². The first kappa shape index (κ1) is 10.5. The molecule has 0 bridgehead atoms. The molecule has 0 radical (unpaired) electrons. The Morgan fingerprint density at radius 1 is 1.08 bits per heavy atom. The number of carbonyl (C=O) groups excluding carboxylic acids is 1. The minimum absolute atomic E-state index is 0. The van der Waals surface area contributed by atoms with Crippen LogP contribution in [0, 0.1) is 0 Å². The van der Waals surface area contributed by atoms with Crippen molar-refractivity contribution in [1.29, 1.82) is 0 Å². The van der Waals surface area contributed by atoms with Crippen molar-refractivity contribution < 1.29 is 10.3 Å². The lowest BCUT2D eigenvalue weighted by atomic mass is 9.94. The van der Waals surface area contributed by atoms with Crippen molar-refractivity contribution in [2.75, 3.05) is 6.54 Å². The highest BCUT2D eigenvalue weighted by atomic mass is 16.2. The molecule has 0 aromatic rings. The SMILES string of the molecule is O.O=C1CCCN1C1CCCCC1. The summed E-state index contributed by atoms with van der Waals surface area (Å²) in [5.41, 5.74) is 0. The highest BCUT2D eigenvalue weighted by molar-refractivity contribution is 5.78. The minimum Gasteiger partial charge on any atom is -0.412 e. The molecule has 13 heavy (non-hydrogen) atoms. The number of likely N-dealkylation sites (tertiary alicyclic amines) is 1. The second kappa shape index (κ2) is 4.61. The molecule has 0 aromatic carbocycles. The van der Waals surface area contributed by atoms with Gasteiger partial charge in [0.15, 0.2) is 0 Å². The van der Waals surface area contributed by atoms with Crippen molar-refractivity contribution in [3.63, 3.8) is 0 Å². The van der Waals surface area contributed by atoms with Gasteiger partial charge in [0.25, 0.3) is 0 Å². The fourth-order valence-electron chi connectivity index (χ4n) is 2.45. The first-order valence-electron chi connectivity index (χ1n) is 5.17. The number of carbonyl (C=O) groups is 1. The molecular weight excluding hydrogens is 166 g/mol. The van der Waals surface area contributed by atoms with Crippen molar-refractivity contribution in [3.8, 4) is 0 Å². The van der Waals surface area contributed by atoms with Crippen molar-refractivity contribution in [1.82, 2.24) is 4.90 Å². The summed E-state index contributed by atoms with van der Waals surface area (Å²) >= 11 is 0. The molecule has 0 spiro atoms. The second-order valence-electron chi connectivity index (χ2n) is 3.98. The molecule has 0 atom stereocenters. The van der Waals surface area contributed by atoms with Gasteiger partial charge in [-0.3, -0.25) is 4.79 Å². The van der Waals surface area contributed by atoms with Gasteiger partial charge in [0.05, 0.1) is 0 Å². The van der Waals surface area contributed by atoms with Gasteiger partial charge in [0.2, 0.25) is 5.91 Å². The van der Waals surface area contributed by atoms with Gasteiger partial charge in [0, 0.05) is 19.0 Å². The maximum atomic E-state index is 11.4. The Labute approximate surface area is 79.4 Å². The van der Waals surface area contributed by atoms with Crippen LogP contribution in [0.15, 0.2) is 0 Å². The Bertz CT molecular complexity index is 176. The van der Waals surface area contributed by atoms with E-state index in [0.717, 1.165) is 19.4 Å². The lowest BCUT2D eigenvalue weighted by molar-refractivity contribution is -0.130. The third-order valence-corrected chi connectivity index (χ3v) is 3.13. The van der Waals surface area contributed by atoms with Crippen LogP contribution in [0.4, 0.5) is 0 Å². The van der Waals surface area contributed by atoms with E-state index < -0.39 is 0 Å². The van der Waals surface area contributed by atoms with Gasteiger partial charge in [0.1, 0.15) is 0 Å². The van der Waals surface area contributed by atoms with Crippen molar-refractivity contribution in [3.05, 3.63) is 0 Å². The number of amides is 1. The van der Waals surface area contributed by atoms with E-state index in [-0.39, 0.29) is 5.48 Å². The normalized spacial score (nSPS) is 24.6. The molecule has 0 unspecified atom stereocenters. The zero-order valence-electron chi connectivity index (χ0n) is 8.09. The van der Waals surface area contributed by atoms with Crippen molar-refractivity contribution >= 4 is 5.91 Å². The lowest BCUT2D eigenvalue weighted by Gasteiger charge is -2.30. The number of rotatable bonds is 1. The number of nitrogens with zero attached hydrogens (tertiary/aromatic N) is 1. The fourth-order valence-corrected chi connectivity index (χ4v) is 2.45. The largest absolute Gasteiger partial charge is 0.412 e. The minimum atomic E-state index is 0. The summed E-state index contributed by atoms with van der Waals surface area (Å²) in [5, 5.41) is 0. The molecule has 1 aliphatic carbocycles. The fraction of sp³-hybridized carbons (Fsp3) is 0.900. The first-order chi connectivity index (χ1) is 5.88. The molecular formula is C10H19NO2. The molecule has 0 aromatic heterocycles. The molecule has 1 saturated carbocycles. The van der Waals surface area contributed by atoms with E-state index in [9.17, 15) is 4.79 Å². The zero-order valence-corrected chi connectivity index (χ0v) is 8.09. The number of hydrogen-bond donors (Lipinski definition) is 0. The molecule has 1 amide bonds. The molecule has 2 fully saturated rings. The van der Waals surface area contributed by atoms with Gasteiger partial charge in [-0.2, -0.15) is 0 Å². The summed E-state index contributed by atoms with van der Waals surface area (Å²) in [4.78, 5) is 13.5. The van der Waals surface area contributed by atoms with Gasteiger partial charge in [-0.05, 0) is 19.3 Å². The Morgan fingerprint density at radius 2 is 1.77 bits per heavy atom. The van der Waals surface area contributed by atoms with E-state index in [0.29, 0.717) is 11.9 Å². The number of hydrogen-bond acceptors (Lipinski definition) is 1. The van der Waals surface area contributed by atoms with E-state index in [1.165, 1.54) is 32.1 Å². The van der Waals surface area contributed by atoms with E-state index in [4.69, 9.17) is 0 Å². The van der Waals surface area contributed by atoms with E-state index >= 15 is 0 Å². The second-order valence-corrected chi connectivity index (χ2v) is 3.98. The Hall–Kier alpha value is -0.570. The molecule has 1 saturated heterocycles. The quantitative estimate of drug-likeness (QED) is 0.604. The Morgan fingerprint density at radius 3 is 2.31 bits per heavy atom. The molecule has 1 heterocycles. The average molecular weight is 185 g/mol. The maximum Gasteiger partial charge on any atom is 0.222 e. The highest BCUT2D eigenvalue weighted by Crippen LogP contribution is 2.25. The maximum absolute atomic E-state index is 11.4. The van der Waals surface area contributed by atoms with E-state index in [1.54, 1.807) is 0 Å². The van der Waals surface area contributed by atoms with E-state index in [2.05, 4.69) is 4.90 Å². The predicted octanol–water partition coefficient (Wildman–Crippen LogP) is 1.12. The summed E-state index contributed by atoms with van der Waals surface area (Å²) in [5.74, 6) is 0.405. The summed E-state index contributed by atoms with van der Waals surface area (Å²) in [6, 6.07) is 0.605. The molecule has 3 nitrogen and oxygen atoms in total. The van der Waals surface area contributed by atoms with Gasteiger partial charge in [-0.1, -0.05) is 19.3 Å². The van der Waals surface area contributed by atoms with Crippen molar-refractivity contribution in [2.24, 2.45) is 0 Å². The molecule has 2 rings (SSSR count). The summed E-state index contributed by atoms with van der Waals surface area (Å²) in [7, 11) is 0. The zero-order chi connectivity index (χ0) is 8.39. The average Bonchev–Trinajstić information content (AvgIpc) is 2.53. The first-order valence-corrected chi connectivity index (χ1v) is 5.17. The Kier molecular flexibility index (Phi) is 3.72. The van der Waals surface area contributed by atoms with Crippen LogP contribution in [0.5, 0.6) is 0 Å². The Balaban J connectivity index is 0.000000845. The van der Waals surface area contributed by atoms with Gasteiger partial charge in [-0.25, -0.2) is 0 Å². The van der Waals surface area contributed by atoms with Crippen LogP contribution in [0.3, 0.4) is 0 Å². The highest BCUT2D eigenvalue weighted by Gasteiger charge is 2.28. The predicted molar refractivity (Wildman–Crippen MR) is 51.4 cm³/mol. The van der Waals surface area contributed by atoms with Crippen LogP contribution >= 0.6 is 0 Å². The third-order valence-electron chi connectivity index (χ3n) is 3.13. The molecule has 2 N–H and O–H groups in total. The van der Waals surface area contributed by atoms with Crippen LogP contribution in [0.2, 0.25) is 0 Å². The molecule has 2 aliphatic rings.